The normalized spacial score (nSPS) is 10.2. The van der Waals surface area contributed by atoms with E-state index in [1.807, 2.05) is 17.5 Å². The number of carbonyl (C=O) groups is 1. The van der Waals surface area contributed by atoms with Crippen molar-refractivity contribution in [2.75, 3.05) is 0 Å². The van der Waals surface area contributed by atoms with Crippen LogP contribution in [0.4, 0.5) is 4.39 Å². The van der Waals surface area contributed by atoms with Gasteiger partial charge in [-0.25, -0.2) is 9.18 Å². The molecule has 1 aromatic heterocycles. The van der Waals surface area contributed by atoms with Gasteiger partial charge in [-0.15, -0.1) is 11.3 Å². The molecule has 0 N–H and O–H groups in total. The number of rotatable bonds is 3. The van der Waals surface area contributed by atoms with E-state index in [0.717, 1.165) is 4.88 Å². The van der Waals surface area contributed by atoms with Gasteiger partial charge in [0.15, 0.2) is 0 Å². The maximum absolute atomic E-state index is 13.6. The Balaban J connectivity index is 2.07. The van der Waals surface area contributed by atoms with Gasteiger partial charge >= 0.3 is 5.97 Å². The largest absolute Gasteiger partial charge is 0.456 e. The molecule has 0 radical (unpaired) electrons. The first kappa shape index (κ1) is 11.8. The molecule has 0 saturated carbocycles. The van der Waals surface area contributed by atoms with Crippen molar-refractivity contribution >= 4 is 17.3 Å². The Labute approximate surface area is 103 Å². The molecule has 88 valence electrons. The van der Waals surface area contributed by atoms with Gasteiger partial charge in [0.05, 0.1) is 5.56 Å². The molecule has 1 aromatic carbocycles. The second-order valence-electron chi connectivity index (χ2n) is 3.59. The van der Waals surface area contributed by atoms with E-state index in [0.29, 0.717) is 5.56 Å². The highest BCUT2D eigenvalue weighted by molar-refractivity contribution is 7.09. The van der Waals surface area contributed by atoms with Gasteiger partial charge < -0.3 is 4.74 Å². The first-order chi connectivity index (χ1) is 8.18. The molecule has 0 unspecified atom stereocenters. The van der Waals surface area contributed by atoms with Gasteiger partial charge in [0.25, 0.3) is 0 Å². The molecule has 0 spiro atoms. The molecule has 0 bridgehead atoms. The van der Waals surface area contributed by atoms with Crippen molar-refractivity contribution in [1.29, 1.82) is 0 Å². The number of benzene rings is 1. The summed E-state index contributed by atoms with van der Waals surface area (Å²) in [6.07, 6.45) is 0. The van der Waals surface area contributed by atoms with Crippen LogP contribution in [0.15, 0.2) is 35.7 Å². The quantitative estimate of drug-likeness (QED) is 0.779. The Kier molecular flexibility index (Phi) is 3.54. The van der Waals surface area contributed by atoms with E-state index in [1.54, 1.807) is 19.1 Å². The Morgan fingerprint density at radius 2 is 2.18 bits per heavy atom. The molecule has 0 amide bonds. The monoisotopic (exact) mass is 250 g/mol. The van der Waals surface area contributed by atoms with E-state index in [1.165, 1.54) is 17.4 Å². The number of halogens is 1. The Bertz CT molecular complexity index is 520. The molecule has 4 heteroatoms. The van der Waals surface area contributed by atoms with Gasteiger partial charge in [-0.2, -0.15) is 0 Å². The number of thiophene rings is 1. The highest BCUT2D eigenvalue weighted by Crippen LogP contribution is 2.15. The molecular weight excluding hydrogens is 239 g/mol. The Morgan fingerprint density at radius 1 is 1.35 bits per heavy atom. The first-order valence-corrected chi connectivity index (χ1v) is 6.01. The van der Waals surface area contributed by atoms with E-state index >= 15 is 0 Å². The predicted octanol–water partition coefficient (Wildman–Crippen LogP) is 3.55. The van der Waals surface area contributed by atoms with Crippen LogP contribution in [0, 0.1) is 12.7 Å². The summed E-state index contributed by atoms with van der Waals surface area (Å²) in [7, 11) is 0. The fourth-order valence-corrected chi connectivity index (χ4v) is 2.03. The highest BCUT2D eigenvalue weighted by Gasteiger charge is 2.14. The fraction of sp³-hybridized carbons (Fsp3) is 0.154. The lowest BCUT2D eigenvalue weighted by Gasteiger charge is -2.05. The number of aryl methyl sites for hydroxylation is 1. The highest BCUT2D eigenvalue weighted by atomic mass is 32.1. The van der Waals surface area contributed by atoms with Crippen molar-refractivity contribution in [3.63, 3.8) is 0 Å². The van der Waals surface area contributed by atoms with Crippen molar-refractivity contribution in [2.24, 2.45) is 0 Å². The number of esters is 1. The molecular formula is C13H11FO2S. The SMILES string of the molecule is Cc1cccc(C(=O)OCc2cccs2)c1F. The van der Waals surface area contributed by atoms with Crippen LogP contribution in [0.5, 0.6) is 0 Å². The zero-order valence-corrected chi connectivity index (χ0v) is 10.1. The third kappa shape index (κ3) is 2.71. The molecule has 2 aromatic rings. The van der Waals surface area contributed by atoms with Crippen molar-refractivity contribution in [3.8, 4) is 0 Å². The number of hydrogen-bond acceptors (Lipinski definition) is 3. The van der Waals surface area contributed by atoms with Crippen LogP contribution in [0.2, 0.25) is 0 Å². The van der Waals surface area contributed by atoms with Gasteiger partial charge in [0, 0.05) is 4.88 Å². The molecule has 0 aliphatic rings. The molecule has 2 nitrogen and oxygen atoms in total. The number of ether oxygens (including phenoxy) is 1. The lowest BCUT2D eigenvalue weighted by atomic mass is 10.1. The summed E-state index contributed by atoms with van der Waals surface area (Å²) in [5.74, 6) is -1.14. The summed E-state index contributed by atoms with van der Waals surface area (Å²) in [5.41, 5.74) is 0.428. The van der Waals surface area contributed by atoms with E-state index in [4.69, 9.17) is 4.74 Å². The van der Waals surface area contributed by atoms with Crippen LogP contribution >= 0.6 is 11.3 Å². The summed E-state index contributed by atoms with van der Waals surface area (Å²) < 4.78 is 18.7. The standard InChI is InChI=1S/C13H11FO2S/c1-9-4-2-6-11(12(9)14)13(15)16-8-10-5-3-7-17-10/h2-7H,8H2,1H3. The van der Waals surface area contributed by atoms with Crippen LogP contribution in [-0.2, 0) is 11.3 Å². The predicted molar refractivity (Wildman–Crippen MR) is 64.6 cm³/mol. The minimum absolute atomic E-state index is 0.0124. The Hall–Kier alpha value is -1.68. The summed E-state index contributed by atoms with van der Waals surface area (Å²) in [6, 6.07) is 8.43. The minimum atomic E-state index is -0.625. The van der Waals surface area contributed by atoms with Gasteiger partial charge in [0.1, 0.15) is 12.4 Å². The zero-order chi connectivity index (χ0) is 12.3. The van der Waals surface area contributed by atoms with Crippen molar-refractivity contribution in [3.05, 3.63) is 57.5 Å². The van der Waals surface area contributed by atoms with Crippen LogP contribution in [-0.4, -0.2) is 5.97 Å². The second-order valence-corrected chi connectivity index (χ2v) is 4.62. The van der Waals surface area contributed by atoms with Crippen LogP contribution < -0.4 is 0 Å². The lowest BCUT2D eigenvalue weighted by molar-refractivity contribution is 0.0471. The van der Waals surface area contributed by atoms with Crippen LogP contribution in [0.25, 0.3) is 0 Å². The second kappa shape index (κ2) is 5.10. The zero-order valence-electron chi connectivity index (χ0n) is 9.27. The number of hydrogen-bond donors (Lipinski definition) is 0. The number of carbonyl (C=O) groups excluding carboxylic acids is 1. The molecule has 17 heavy (non-hydrogen) atoms. The van der Waals surface area contributed by atoms with E-state index < -0.39 is 11.8 Å². The Morgan fingerprint density at radius 3 is 2.88 bits per heavy atom. The van der Waals surface area contributed by atoms with Gasteiger partial charge in [0.2, 0.25) is 0 Å². The van der Waals surface area contributed by atoms with Gasteiger partial charge in [-0.3, -0.25) is 0 Å². The lowest BCUT2D eigenvalue weighted by Crippen LogP contribution is -2.07. The van der Waals surface area contributed by atoms with Crippen LogP contribution in [0.3, 0.4) is 0 Å². The summed E-state index contributed by atoms with van der Waals surface area (Å²) in [5, 5.41) is 1.90. The van der Waals surface area contributed by atoms with Gasteiger partial charge in [-0.1, -0.05) is 18.2 Å². The first-order valence-electron chi connectivity index (χ1n) is 5.13. The maximum Gasteiger partial charge on any atom is 0.341 e. The average molecular weight is 250 g/mol. The van der Waals surface area contributed by atoms with E-state index in [2.05, 4.69) is 0 Å². The third-order valence-electron chi connectivity index (χ3n) is 2.34. The smallest absolute Gasteiger partial charge is 0.341 e. The minimum Gasteiger partial charge on any atom is -0.456 e. The van der Waals surface area contributed by atoms with Crippen molar-refractivity contribution in [2.45, 2.75) is 13.5 Å². The average Bonchev–Trinajstić information content (AvgIpc) is 2.82. The summed E-state index contributed by atoms with van der Waals surface area (Å²) in [4.78, 5) is 12.6. The van der Waals surface area contributed by atoms with Gasteiger partial charge in [-0.05, 0) is 30.0 Å². The fourth-order valence-electron chi connectivity index (χ4n) is 1.41. The topological polar surface area (TPSA) is 26.3 Å². The molecule has 1 heterocycles. The van der Waals surface area contributed by atoms with Crippen molar-refractivity contribution < 1.29 is 13.9 Å². The molecule has 0 atom stereocenters. The van der Waals surface area contributed by atoms with Crippen LogP contribution in [0.1, 0.15) is 20.8 Å². The van der Waals surface area contributed by atoms with E-state index in [9.17, 15) is 9.18 Å². The summed E-state index contributed by atoms with van der Waals surface area (Å²) in [6.45, 7) is 1.80. The molecule has 0 aliphatic carbocycles. The summed E-state index contributed by atoms with van der Waals surface area (Å²) >= 11 is 1.50. The maximum atomic E-state index is 13.6. The molecule has 2 rings (SSSR count). The molecule has 0 saturated heterocycles. The molecule has 0 aliphatic heterocycles. The van der Waals surface area contributed by atoms with E-state index in [-0.39, 0.29) is 12.2 Å². The molecule has 0 fully saturated rings. The van der Waals surface area contributed by atoms with Crippen molar-refractivity contribution in [1.82, 2.24) is 0 Å². The third-order valence-corrected chi connectivity index (χ3v) is 3.19.